The number of amides is 2. The highest BCUT2D eigenvalue weighted by molar-refractivity contribution is 6.30. The van der Waals surface area contributed by atoms with E-state index in [2.05, 4.69) is 10.6 Å². The lowest BCUT2D eigenvalue weighted by Gasteiger charge is -2.27. The van der Waals surface area contributed by atoms with Crippen LogP contribution in [-0.2, 0) is 4.74 Å². The van der Waals surface area contributed by atoms with Crippen molar-refractivity contribution in [2.45, 2.75) is 44.9 Å². The maximum atomic E-state index is 11.8. The van der Waals surface area contributed by atoms with Crippen LogP contribution in [0.25, 0.3) is 0 Å². The van der Waals surface area contributed by atoms with Crippen LogP contribution in [0.5, 0.6) is 0 Å². The standard InChI is InChI=1S/C16H25ClN2O3/c1-11(9-16(2,3)22-4)19-15(21)18-10-14(20)12-5-7-13(17)8-6-12/h5-8,11,14,20H,9-10H2,1-4H3,(H2,18,19,21). The topological polar surface area (TPSA) is 70.6 Å². The molecule has 0 spiro atoms. The van der Waals surface area contributed by atoms with E-state index >= 15 is 0 Å². The Morgan fingerprint density at radius 2 is 1.95 bits per heavy atom. The molecule has 0 bridgehead atoms. The molecule has 6 heteroatoms. The van der Waals surface area contributed by atoms with Crippen molar-refractivity contribution in [3.8, 4) is 0 Å². The van der Waals surface area contributed by atoms with Crippen molar-refractivity contribution in [2.24, 2.45) is 0 Å². The van der Waals surface area contributed by atoms with Gasteiger partial charge in [-0.25, -0.2) is 4.79 Å². The van der Waals surface area contributed by atoms with Gasteiger partial charge in [-0.2, -0.15) is 0 Å². The summed E-state index contributed by atoms with van der Waals surface area (Å²) in [6.07, 6.45) is -0.0786. The molecule has 2 atom stereocenters. The molecule has 0 aliphatic rings. The van der Waals surface area contributed by atoms with Crippen LogP contribution in [0.4, 0.5) is 4.79 Å². The van der Waals surface area contributed by atoms with Crippen LogP contribution in [-0.4, -0.2) is 36.4 Å². The van der Waals surface area contributed by atoms with Crippen molar-refractivity contribution in [3.63, 3.8) is 0 Å². The molecule has 0 fully saturated rings. The summed E-state index contributed by atoms with van der Waals surface area (Å²) in [6, 6.07) is 6.52. The summed E-state index contributed by atoms with van der Waals surface area (Å²) in [5.41, 5.74) is 0.411. The Labute approximate surface area is 137 Å². The second-order valence-corrected chi connectivity index (χ2v) is 6.43. The number of ether oxygens (including phenoxy) is 1. The zero-order valence-electron chi connectivity index (χ0n) is 13.5. The fourth-order valence-corrected chi connectivity index (χ4v) is 2.26. The second kappa shape index (κ2) is 8.36. The highest BCUT2D eigenvalue weighted by Gasteiger charge is 2.21. The van der Waals surface area contributed by atoms with Crippen LogP contribution < -0.4 is 10.6 Å². The molecule has 2 unspecified atom stereocenters. The molecule has 0 aliphatic heterocycles. The molecule has 124 valence electrons. The van der Waals surface area contributed by atoms with E-state index in [1.807, 2.05) is 20.8 Å². The first-order chi connectivity index (χ1) is 10.2. The molecule has 0 aromatic heterocycles. The number of rotatable bonds is 7. The Bertz CT molecular complexity index is 477. The third-order valence-electron chi connectivity index (χ3n) is 3.44. The smallest absolute Gasteiger partial charge is 0.315 e. The van der Waals surface area contributed by atoms with Gasteiger partial charge in [-0.3, -0.25) is 0 Å². The highest BCUT2D eigenvalue weighted by atomic mass is 35.5. The number of hydrogen-bond donors (Lipinski definition) is 3. The molecule has 0 radical (unpaired) electrons. The summed E-state index contributed by atoms with van der Waals surface area (Å²) < 4.78 is 5.33. The van der Waals surface area contributed by atoms with Crippen LogP contribution in [0.2, 0.25) is 5.02 Å². The Morgan fingerprint density at radius 3 is 2.50 bits per heavy atom. The van der Waals surface area contributed by atoms with Crippen LogP contribution in [0.3, 0.4) is 0 Å². The monoisotopic (exact) mass is 328 g/mol. The number of halogens is 1. The van der Waals surface area contributed by atoms with Gasteiger partial charge in [0.2, 0.25) is 0 Å². The van der Waals surface area contributed by atoms with Crippen molar-refractivity contribution in [3.05, 3.63) is 34.9 Å². The minimum atomic E-state index is -0.770. The van der Waals surface area contributed by atoms with E-state index in [-0.39, 0.29) is 24.2 Å². The molecule has 0 heterocycles. The van der Waals surface area contributed by atoms with Crippen molar-refractivity contribution < 1.29 is 14.6 Å². The van der Waals surface area contributed by atoms with Gasteiger partial charge >= 0.3 is 6.03 Å². The Balaban J connectivity index is 2.38. The number of carbonyl (C=O) groups excluding carboxylic acids is 1. The highest BCUT2D eigenvalue weighted by Crippen LogP contribution is 2.16. The molecule has 1 aromatic carbocycles. The van der Waals surface area contributed by atoms with E-state index in [1.165, 1.54) is 0 Å². The third-order valence-corrected chi connectivity index (χ3v) is 3.69. The Hall–Kier alpha value is -1.30. The first-order valence-electron chi connectivity index (χ1n) is 7.26. The van der Waals surface area contributed by atoms with Crippen molar-refractivity contribution in [1.29, 1.82) is 0 Å². The van der Waals surface area contributed by atoms with Crippen LogP contribution >= 0.6 is 11.6 Å². The molecule has 2 amide bonds. The molecule has 1 aromatic rings. The molecule has 22 heavy (non-hydrogen) atoms. The van der Waals surface area contributed by atoms with E-state index in [0.717, 1.165) is 0 Å². The van der Waals surface area contributed by atoms with Crippen LogP contribution in [0.1, 0.15) is 38.9 Å². The van der Waals surface area contributed by atoms with Gasteiger partial charge in [0.15, 0.2) is 0 Å². The fraction of sp³-hybridized carbons (Fsp3) is 0.562. The zero-order valence-corrected chi connectivity index (χ0v) is 14.3. The van der Waals surface area contributed by atoms with Gasteiger partial charge in [0.05, 0.1) is 11.7 Å². The minimum Gasteiger partial charge on any atom is -0.387 e. The van der Waals surface area contributed by atoms with Gasteiger partial charge in [0, 0.05) is 24.7 Å². The Morgan fingerprint density at radius 1 is 1.36 bits per heavy atom. The first kappa shape index (κ1) is 18.7. The van der Waals surface area contributed by atoms with Gasteiger partial charge < -0.3 is 20.5 Å². The number of hydrogen-bond acceptors (Lipinski definition) is 3. The van der Waals surface area contributed by atoms with Gasteiger partial charge in [0.1, 0.15) is 0 Å². The van der Waals surface area contributed by atoms with Gasteiger partial charge in [-0.1, -0.05) is 23.7 Å². The quantitative estimate of drug-likeness (QED) is 0.720. The summed E-state index contributed by atoms with van der Waals surface area (Å²) in [6.45, 7) is 5.98. The summed E-state index contributed by atoms with van der Waals surface area (Å²) >= 11 is 5.79. The molecular weight excluding hydrogens is 304 g/mol. The predicted molar refractivity (Wildman–Crippen MR) is 88.1 cm³/mol. The SMILES string of the molecule is COC(C)(C)CC(C)NC(=O)NCC(O)c1ccc(Cl)cc1. The van der Waals surface area contributed by atoms with E-state index in [0.29, 0.717) is 17.0 Å². The predicted octanol–water partition coefficient (Wildman–Crippen LogP) is 2.88. The number of aliphatic hydroxyl groups excluding tert-OH is 1. The first-order valence-corrected chi connectivity index (χ1v) is 7.64. The van der Waals surface area contributed by atoms with E-state index in [1.54, 1.807) is 31.4 Å². The molecule has 5 nitrogen and oxygen atoms in total. The largest absolute Gasteiger partial charge is 0.387 e. The average molecular weight is 329 g/mol. The average Bonchev–Trinajstić information content (AvgIpc) is 2.44. The lowest BCUT2D eigenvalue weighted by molar-refractivity contribution is 0.00947. The molecule has 0 aliphatic carbocycles. The Kier molecular flexibility index (Phi) is 7.13. The van der Waals surface area contributed by atoms with Crippen molar-refractivity contribution >= 4 is 17.6 Å². The van der Waals surface area contributed by atoms with Gasteiger partial charge in [-0.15, -0.1) is 0 Å². The minimum absolute atomic E-state index is 0.0392. The third kappa shape index (κ3) is 6.64. The number of benzene rings is 1. The number of aliphatic hydroxyl groups is 1. The maximum absolute atomic E-state index is 11.8. The summed E-state index contributed by atoms with van der Waals surface area (Å²) in [5, 5.41) is 16.1. The number of urea groups is 1. The summed E-state index contributed by atoms with van der Waals surface area (Å²) in [5.74, 6) is 0. The summed E-state index contributed by atoms with van der Waals surface area (Å²) in [4.78, 5) is 11.8. The van der Waals surface area contributed by atoms with E-state index in [4.69, 9.17) is 16.3 Å². The molecule has 0 saturated carbocycles. The normalized spacial score (nSPS) is 14.3. The van der Waals surface area contributed by atoms with E-state index < -0.39 is 6.10 Å². The molecular formula is C16H25ClN2O3. The van der Waals surface area contributed by atoms with E-state index in [9.17, 15) is 9.90 Å². The lowest BCUT2D eigenvalue weighted by atomic mass is 10.00. The number of nitrogens with one attached hydrogen (secondary N) is 2. The molecule has 0 saturated heterocycles. The van der Waals surface area contributed by atoms with Crippen LogP contribution in [0, 0.1) is 0 Å². The van der Waals surface area contributed by atoms with Gasteiger partial charge in [-0.05, 0) is 44.9 Å². The van der Waals surface area contributed by atoms with Crippen LogP contribution in [0.15, 0.2) is 24.3 Å². The fourth-order valence-electron chi connectivity index (χ4n) is 2.14. The number of methoxy groups -OCH3 is 1. The number of carbonyl (C=O) groups is 1. The van der Waals surface area contributed by atoms with Crippen molar-refractivity contribution in [1.82, 2.24) is 10.6 Å². The zero-order chi connectivity index (χ0) is 16.8. The summed E-state index contributed by atoms with van der Waals surface area (Å²) in [7, 11) is 1.65. The molecule has 1 rings (SSSR count). The molecule has 3 N–H and O–H groups in total. The second-order valence-electron chi connectivity index (χ2n) is 5.99. The van der Waals surface area contributed by atoms with Crippen molar-refractivity contribution in [2.75, 3.05) is 13.7 Å². The maximum Gasteiger partial charge on any atom is 0.315 e. The van der Waals surface area contributed by atoms with Gasteiger partial charge in [0.25, 0.3) is 0 Å². The lowest BCUT2D eigenvalue weighted by Crippen LogP contribution is -2.44.